The molecule has 1 saturated heterocycles. The summed E-state index contributed by atoms with van der Waals surface area (Å²) in [5.41, 5.74) is 1.70. The zero-order valence-electron chi connectivity index (χ0n) is 13.4. The Kier molecular flexibility index (Phi) is 5.03. The Morgan fingerprint density at radius 1 is 1.25 bits per heavy atom. The highest BCUT2D eigenvalue weighted by atomic mass is 15.1. The molecule has 0 radical (unpaired) electrons. The molecule has 0 aromatic carbocycles. The fraction of sp³-hybridized carbons (Fsp3) is 0.706. The fourth-order valence-corrected chi connectivity index (χ4v) is 2.55. The monoisotopic (exact) mass is 275 g/mol. The summed E-state index contributed by atoms with van der Waals surface area (Å²) in [5, 5.41) is 3.76. The smallest absolute Gasteiger partial charge is 0.0397 e. The van der Waals surface area contributed by atoms with Crippen molar-refractivity contribution in [3.05, 3.63) is 24.5 Å². The van der Waals surface area contributed by atoms with E-state index in [-0.39, 0.29) is 0 Å². The van der Waals surface area contributed by atoms with Crippen molar-refractivity contribution in [2.75, 3.05) is 24.5 Å². The maximum absolute atomic E-state index is 4.09. The molecule has 3 nitrogen and oxygen atoms in total. The van der Waals surface area contributed by atoms with Gasteiger partial charge in [-0.2, -0.15) is 0 Å². The van der Waals surface area contributed by atoms with E-state index in [1.54, 1.807) is 0 Å². The number of nitrogens with one attached hydrogen (secondary N) is 1. The van der Waals surface area contributed by atoms with E-state index in [4.69, 9.17) is 0 Å². The molecule has 112 valence electrons. The minimum atomic E-state index is 0.394. The standard InChI is InChI=1S/C17H29N3/c1-14(17(2,3)4)13-19-15-7-11-20(12-8-15)16-5-9-18-10-6-16/h5-6,9-10,14-15,19H,7-8,11-13H2,1-4H3. The summed E-state index contributed by atoms with van der Waals surface area (Å²) < 4.78 is 0. The van der Waals surface area contributed by atoms with Gasteiger partial charge in [0, 0.05) is 37.2 Å². The summed E-state index contributed by atoms with van der Waals surface area (Å²) in [5.74, 6) is 0.709. The maximum atomic E-state index is 4.09. The van der Waals surface area contributed by atoms with Crippen LogP contribution < -0.4 is 10.2 Å². The minimum absolute atomic E-state index is 0.394. The number of anilines is 1. The number of piperidine rings is 1. The van der Waals surface area contributed by atoms with Crippen molar-refractivity contribution in [1.29, 1.82) is 0 Å². The van der Waals surface area contributed by atoms with Crippen LogP contribution in [0.15, 0.2) is 24.5 Å². The fourth-order valence-electron chi connectivity index (χ4n) is 2.55. The molecule has 0 aliphatic carbocycles. The highest BCUT2D eigenvalue weighted by Crippen LogP contribution is 2.25. The molecule has 1 aliphatic heterocycles. The molecule has 1 fully saturated rings. The SMILES string of the molecule is CC(CNC1CCN(c2ccncc2)CC1)C(C)(C)C. The van der Waals surface area contributed by atoms with Crippen molar-refractivity contribution in [3.8, 4) is 0 Å². The Labute approximate surface area is 123 Å². The van der Waals surface area contributed by atoms with Gasteiger partial charge in [0.15, 0.2) is 0 Å². The van der Waals surface area contributed by atoms with Gasteiger partial charge in [0.05, 0.1) is 0 Å². The van der Waals surface area contributed by atoms with Gasteiger partial charge in [-0.15, -0.1) is 0 Å². The lowest BCUT2D eigenvalue weighted by molar-refractivity contribution is 0.239. The first-order chi connectivity index (χ1) is 9.47. The quantitative estimate of drug-likeness (QED) is 0.913. The van der Waals surface area contributed by atoms with Crippen molar-refractivity contribution in [3.63, 3.8) is 0 Å². The van der Waals surface area contributed by atoms with E-state index in [0.29, 0.717) is 17.4 Å². The predicted molar refractivity (Wildman–Crippen MR) is 86.1 cm³/mol. The molecule has 1 unspecified atom stereocenters. The van der Waals surface area contributed by atoms with E-state index in [1.807, 2.05) is 12.4 Å². The molecular formula is C17H29N3. The average Bonchev–Trinajstić information content (AvgIpc) is 2.45. The lowest BCUT2D eigenvalue weighted by Crippen LogP contribution is -2.44. The first-order valence-electron chi connectivity index (χ1n) is 7.85. The van der Waals surface area contributed by atoms with Crippen LogP contribution in [-0.2, 0) is 0 Å². The van der Waals surface area contributed by atoms with Crippen LogP contribution in [-0.4, -0.2) is 30.7 Å². The summed E-state index contributed by atoms with van der Waals surface area (Å²) in [7, 11) is 0. The molecule has 2 heterocycles. The lowest BCUT2D eigenvalue weighted by Gasteiger charge is -2.35. The van der Waals surface area contributed by atoms with Crippen LogP contribution in [0.2, 0.25) is 0 Å². The molecule has 3 heteroatoms. The normalized spacial score (nSPS) is 19.1. The van der Waals surface area contributed by atoms with Crippen molar-refractivity contribution >= 4 is 5.69 Å². The van der Waals surface area contributed by atoms with Crippen LogP contribution >= 0.6 is 0 Å². The number of hydrogen-bond donors (Lipinski definition) is 1. The van der Waals surface area contributed by atoms with Crippen LogP contribution in [0.4, 0.5) is 5.69 Å². The van der Waals surface area contributed by atoms with Crippen molar-refractivity contribution < 1.29 is 0 Å². The third kappa shape index (κ3) is 4.20. The topological polar surface area (TPSA) is 28.2 Å². The molecule has 1 aliphatic rings. The van der Waals surface area contributed by atoms with Crippen LogP contribution in [0.1, 0.15) is 40.5 Å². The Balaban J connectivity index is 1.75. The molecule has 0 amide bonds. The summed E-state index contributed by atoms with van der Waals surface area (Å²) in [6.07, 6.45) is 6.23. The summed E-state index contributed by atoms with van der Waals surface area (Å²) in [6.45, 7) is 12.7. The molecule has 1 atom stereocenters. The Morgan fingerprint density at radius 2 is 1.85 bits per heavy atom. The number of nitrogens with zero attached hydrogens (tertiary/aromatic N) is 2. The molecule has 2 rings (SSSR count). The number of pyridine rings is 1. The van der Waals surface area contributed by atoms with Gasteiger partial charge < -0.3 is 10.2 Å². The van der Waals surface area contributed by atoms with Gasteiger partial charge in [0.1, 0.15) is 0 Å². The van der Waals surface area contributed by atoms with Crippen molar-refractivity contribution in [2.45, 2.75) is 46.6 Å². The van der Waals surface area contributed by atoms with Gasteiger partial charge in [0.25, 0.3) is 0 Å². The molecule has 0 bridgehead atoms. The third-order valence-corrected chi connectivity index (χ3v) is 4.71. The third-order valence-electron chi connectivity index (χ3n) is 4.71. The molecule has 0 saturated carbocycles. The first-order valence-corrected chi connectivity index (χ1v) is 7.85. The zero-order chi connectivity index (χ0) is 14.6. The second-order valence-electron chi connectivity index (χ2n) is 7.14. The highest BCUT2D eigenvalue weighted by Gasteiger charge is 2.23. The summed E-state index contributed by atoms with van der Waals surface area (Å²) in [4.78, 5) is 6.55. The second-order valence-corrected chi connectivity index (χ2v) is 7.14. The number of hydrogen-bond acceptors (Lipinski definition) is 3. The van der Waals surface area contributed by atoms with Crippen molar-refractivity contribution in [1.82, 2.24) is 10.3 Å². The van der Waals surface area contributed by atoms with E-state index >= 15 is 0 Å². The molecule has 1 N–H and O–H groups in total. The summed E-state index contributed by atoms with van der Waals surface area (Å²) >= 11 is 0. The van der Waals surface area contributed by atoms with Gasteiger partial charge in [0.2, 0.25) is 0 Å². The zero-order valence-corrected chi connectivity index (χ0v) is 13.4. The Bertz CT molecular complexity index is 388. The number of rotatable bonds is 4. The van der Waals surface area contributed by atoms with E-state index in [9.17, 15) is 0 Å². The van der Waals surface area contributed by atoms with E-state index in [0.717, 1.165) is 19.6 Å². The Morgan fingerprint density at radius 3 is 2.40 bits per heavy atom. The van der Waals surface area contributed by atoms with Gasteiger partial charge >= 0.3 is 0 Å². The average molecular weight is 275 g/mol. The minimum Gasteiger partial charge on any atom is -0.371 e. The predicted octanol–water partition coefficient (Wildman–Crippen LogP) is 3.32. The van der Waals surface area contributed by atoms with E-state index in [1.165, 1.54) is 18.5 Å². The molecule has 0 spiro atoms. The summed E-state index contributed by atoms with van der Waals surface area (Å²) in [6, 6.07) is 4.89. The molecule has 1 aromatic heterocycles. The second kappa shape index (κ2) is 6.57. The van der Waals surface area contributed by atoms with Crippen molar-refractivity contribution in [2.24, 2.45) is 11.3 Å². The number of aromatic nitrogens is 1. The van der Waals surface area contributed by atoms with E-state index in [2.05, 4.69) is 55.0 Å². The molecule has 1 aromatic rings. The highest BCUT2D eigenvalue weighted by molar-refractivity contribution is 5.44. The lowest BCUT2D eigenvalue weighted by atomic mass is 9.82. The molecular weight excluding hydrogens is 246 g/mol. The first kappa shape index (κ1) is 15.3. The van der Waals surface area contributed by atoms with Crippen LogP contribution in [0, 0.1) is 11.3 Å². The maximum Gasteiger partial charge on any atom is 0.0397 e. The van der Waals surface area contributed by atoms with Crippen LogP contribution in [0.3, 0.4) is 0 Å². The van der Waals surface area contributed by atoms with Gasteiger partial charge in [-0.05, 0) is 42.9 Å². The van der Waals surface area contributed by atoms with Gasteiger partial charge in [-0.25, -0.2) is 0 Å². The Hall–Kier alpha value is -1.09. The van der Waals surface area contributed by atoms with Gasteiger partial charge in [-0.1, -0.05) is 27.7 Å². The van der Waals surface area contributed by atoms with E-state index < -0.39 is 0 Å². The van der Waals surface area contributed by atoms with Crippen LogP contribution in [0.5, 0.6) is 0 Å². The molecule has 20 heavy (non-hydrogen) atoms. The van der Waals surface area contributed by atoms with Crippen LogP contribution in [0.25, 0.3) is 0 Å². The largest absolute Gasteiger partial charge is 0.371 e. The van der Waals surface area contributed by atoms with Gasteiger partial charge in [-0.3, -0.25) is 4.98 Å².